The van der Waals surface area contributed by atoms with Gasteiger partial charge >= 0.3 is 6.03 Å². The van der Waals surface area contributed by atoms with Crippen molar-refractivity contribution in [1.82, 2.24) is 10.4 Å². The molecule has 2 N–H and O–H groups in total. The molecule has 0 aromatic heterocycles. The summed E-state index contributed by atoms with van der Waals surface area (Å²) < 4.78 is 0.119. The van der Waals surface area contributed by atoms with Crippen LogP contribution in [0.4, 0.5) is 16.2 Å². The standard InChI is InChI=1S/C17H12N4O4S2/c22-15-14(10-11-6-4-5-9-13(11)21(24)25)27-17(26)20(15)19-16(23)18-12-7-2-1-3-8-12/h1-10H,(H2,18,19,23). The summed E-state index contributed by atoms with van der Waals surface area (Å²) in [6, 6.07) is 14.1. The summed E-state index contributed by atoms with van der Waals surface area (Å²) >= 11 is 6.08. The van der Waals surface area contributed by atoms with Gasteiger partial charge in [-0.1, -0.05) is 42.1 Å². The van der Waals surface area contributed by atoms with Crippen LogP contribution in [0.1, 0.15) is 5.56 Å². The summed E-state index contributed by atoms with van der Waals surface area (Å²) in [5.41, 5.74) is 3.08. The van der Waals surface area contributed by atoms with Gasteiger partial charge in [0.2, 0.25) is 0 Å². The number of anilines is 1. The van der Waals surface area contributed by atoms with Gasteiger partial charge in [-0.25, -0.2) is 10.2 Å². The third-order valence-corrected chi connectivity index (χ3v) is 4.76. The molecule has 0 unspecified atom stereocenters. The Labute approximate surface area is 163 Å². The molecule has 1 aliphatic heterocycles. The van der Waals surface area contributed by atoms with Crippen LogP contribution in [0.15, 0.2) is 59.5 Å². The zero-order valence-electron chi connectivity index (χ0n) is 13.6. The lowest BCUT2D eigenvalue weighted by Crippen LogP contribution is -2.46. The molecule has 8 nitrogen and oxygen atoms in total. The van der Waals surface area contributed by atoms with Crippen molar-refractivity contribution in [2.45, 2.75) is 0 Å². The van der Waals surface area contributed by atoms with Gasteiger partial charge < -0.3 is 5.32 Å². The molecule has 136 valence electrons. The number of rotatable bonds is 4. The molecule has 1 saturated heterocycles. The van der Waals surface area contributed by atoms with Crippen molar-refractivity contribution in [2.24, 2.45) is 0 Å². The van der Waals surface area contributed by atoms with Gasteiger partial charge in [-0.2, -0.15) is 5.01 Å². The minimum absolute atomic E-state index is 0.119. The van der Waals surface area contributed by atoms with Crippen LogP contribution in [0.3, 0.4) is 0 Å². The van der Waals surface area contributed by atoms with Crippen molar-refractivity contribution in [2.75, 3.05) is 5.32 Å². The average Bonchev–Trinajstić information content (AvgIpc) is 2.90. The summed E-state index contributed by atoms with van der Waals surface area (Å²) in [5.74, 6) is -0.564. The minimum atomic E-state index is -0.635. The smallest absolute Gasteiger partial charge is 0.307 e. The highest BCUT2D eigenvalue weighted by Crippen LogP contribution is 2.33. The normalized spacial score (nSPS) is 15.1. The molecule has 0 bridgehead atoms. The van der Waals surface area contributed by atoms with Crippen LogP contribution < -0.4 is 10.7 Å². The van der Waals surface area contributed by atoms with Crippen molar-refractivity contribution in [3.63, 3.8) is 0 Å². The summed E-state index contributed by atoms with van der Waals surface area (Å²) in [6.45, 7) is 0. The van der Waals surface area contributed by atoms with E-state index in [1.807, 2.05) is 0 Å². The fraction of sp³-hybridized carbons (Fsp3) is 0. The van der Waals surface area contributed by atoms with Crippen LogP contribution in [0.5, 0.6) is 0 Å². The van der Waals surface area contributed by atoms with Crippen LogP contribution in [0.2, 0.25) is 0 Å². The van der Waals surface area contributed by atoms with Gasteiger partial charge in [0, 0.05) is 11.8 Å². The second-order valence-electron chi connectivity index (χ2n) is 5.26. The molecule has 10 heteroatoms. The number of hydrazine groups is 1. The molecule has 27 heavy (non-hydrogen) atoms. The molecule has 0 spiro atoms. The molecule has 0 radical (unpaired) electrons. The number of thiocarbonyl (C=S) groups is 1. The molecule has 3 amide bonds. The van der Waals surface area contributed by atoms with E-state index in [9.17, 15) is 19.7 Å². The van der Waals surface area contributed by atoms with Crippen molar-refractivity contribution < 1.29 is 14.5 Å². The Kier molecular flexibility index (Phi) is 5.48. The number of hydrogen-bond donors (Lipinski definition) is 2. The van der Waals surface area contributed by atoms with Crippen molar-refractivity contribution >= 4 is 57.7 Å². The lowest BCUT2D eigenvalue weighted by atomic mass is 10.1. The van der Waals surface area contributed by atoms with E-state index in [4.69, 9.17) is 12.2 Å². The number of nitro benzene ring substituents is 1. The third-order valence-electron chi connectivity index (χ3n) is 3.46. The van der Waals surface area contributed by atoms with Gasteiger partial charge in [-0.05, 0) is 36.5 Å². The van der Waals surface area contributed by atoms with Crippen LogP contribution in [-0.2, 0) is 4.79 Å². The van der Waals surface area contributed by atoms with Gasteiger partial charge in [-0.3, -0.25) is 14.9 Å². The number of carbonyl (C=O) groups excluding carboxylic acids is 2. The van der Waals surface area contributed by atoms with E-state index >= 15 is 0 Å². The van der Waals surface area contributed by atoms with E-state index in [1.54, 1.807) is 36.4 Å². The van der Waals surface area contributed by atoms with Crippen molar-refractivity contribution in [1.29, 1.82) is 0 Å². The first kappa shape index (κ1) is 18.5. The number of amides is 3. The lowest BCUT2D eigenvalue weighted by molar-refractivity contribution is -0.385. The Hall–Kier alpha value is -3.24. The van der Waals surface area contributed by atoms with Crippen LogP contribution >= 0.6 is 24.0 Å². The monoisotopic (exact) mass is 400 g/mol. The van der Waals surface area contributed by atoms with E-state index in [-0.39, 0.29) is 20.5 Å². The highest BCUT2D eigenvalue weighted by atomic mass is 32.2. The summed E-state index contributed by atoms with van der Waals surface area (Å²) in [4.78, 5) is 35.4. The molecule has 2 aromatic carbocycles. The zero-order valence-corrected chi connectivity index (χ0v) is 15.3. The molecule has 1 heterocycles. The molecule has 0 aliphatic carbocycles. The summed E-state index contributed by atoms with van der Waals surface area (Å²) in [5, 5.41) is 14.6. The van der Waals surface area contributed by atoms with E-state index in [0.717, 1.165) is 16.8 Å². The third kappa shape index (κ3) is 4.30. The lowest BCUT2D eigenvalue weighted by Gasteiger charge is -2.16. The molecule has 1 aliphatic rings. The van der Waals surface area contributed by atoms with Gasteiger partial charge in [0.05, 0.1) is 15.4 Å². The molecule has 3 rings (SSSR count). The van der Waals surface area contributed by atoms with Gasteiger partial charge in [0.25, 0.3) is 11.6 Å². The van der Waals surface area contributed by atoms with E-state index in [2.05, 4.69) is 10.7 Å². The molecule has 1 fully saturated rings. The molecular formula is C17H12N4O4S2. The number of nitrogens with zero attached hydrogens (tertiary/aromatic N) is 2. The summed E-state index contributed by atoms with van der Waals surface area (Å²) in [7, 11) is 0. The first-order chi connectivity index (χ1) is 13.0. The maximum absolute atomic E-state index is 12.5. The number of thioether (sulfide) groups is 1. The SMILES string of the molecule is O=C(Nc1ccccc1)NN1C(=O)C(=Cc2ccccc2[N+](=O)[O-])SC1=S. The molecule has 2 aromatic rings. The Balaban J connectivity index is 1.75. The first-order valence-electron chi connectivity index (χ1n) is 7.60. The number of urea groups is 1. The van der Waals surface area contributed by atoms with Gasteiger partial charge in [0.15, 0.2) is 4.32 Å². The zero-order chi connectivity index (χ0) is 19.4. The Morgan fingerprint density at radius 2 is 1.81 bits per heavy atom. The highest BCUT2D eigenvalue weighted by molar-refractivity contribution is 8.26. The second-order valence-corrected chi connectivity index (χ2v) is 6.94. The molecule has 0 saturated carbocycles. The van der Waals surface area contributed by atoms with E-state index < -0.39 is 16.9 Å². The Morgan fingerprint density at radius 1 is 1.15 bits per heavy atom. The summed E-state index contributed by atoms with van der Waals surface area (Å²) in [6.07, 6.45) is 1.38. The van der Waals surface area contributed by atoms with Crippen molar-refractivity contribution in [3.8, 4) is 0 Å². The van der Waals surface area contributed by atoms with Gasteiger partial charge in [0.1, 0.15) is 0 Å². The predicted octanol–water partition coefficient (Wildman–Crippen LogP) is 3.53. The number of nitro groups is 1. The number of benzene rings is 2. The van der Waals surface area contributed by atoms with E-state index in [0.29, 0.717) is 5.69 Å². The minimum Gasteiger partial charge on any atom is -0.307 e. The fourth-order valence-electron chi connectivity index (χ4n) is 2.26. The van der Waals surface area contributed by atoms with E-state index in [1.165, 1.54) is 24.3 Å². The second kappa shape index (κ2) is 7.98. The van der Waals surface area contributed by atoms with Crippen LogP contribution in [-0.4, -0.2) is 26.2 Å². The maximum atomic E-state index is 12.5. The number of hydrogen-bond acceptors (Lipinski definition) is 6. The largest absolute Gasteiger partial charge is 0.338 e. The topological polar surface area (TPSA) is 105 Å². The number of nitrogens with one attached hydrogen (secondary N) is 2. The average molecular weight is 400 g/mol. The molecule has 0 atom stereocenters. The number of carbonyl (C=O) groups is 2. The van der Waals surface area contributed by atoms with Crippen LogP contribution in [0.25, 0.3) is 6.08 Å². The highest BCUT2D eigenvalue weighted by Gasteiger charge is 2.34. The fourth-order valence-corrected chi connectivity index (χ4v) is 3.43. The Morgan fingerprint density at radius 3 is 2.52 bits per heavy atom. The van der Waals surface area contributed by atoms with Crippen molar-refractivity contribution in [3.05, 3.63) is 75.2 Å². The van der Waals surface area contributed by atoms with Crippen LogP contribution in [0, 0.1) is 10.1 Å². The van der Waals surface area contributed by atoms with Gasteiger partial charge in [-0.15, -0.1) is 0 Å². The first-order valence-corrected chi connectivity index (χ1v) is 8.82. The number of para-hydroxylation sites is 2. The molecular weight excluding hydrogens is 388 g/mol. The predicted molar refractivity (Wildman–Crippen MR) is 107 cm³/mol. The Bertz CT molecular complexity index is 962. The maximum Gasteiger partial charge on any atom is 0.338 e. The quantitative estimate of drug-likeness (QED) is 0.352.